The summed E-state index contributed by atoms with van der Waals surface area (Å²) in [7, 11) is 0. The molecule has 0 aromatic heterocycles. The van der Waals surface area contributed by atoms with E-state index in [4.69, 9.17) is 0 Å². The molecule has 0 aliphatic carbocycles. The van der Waals surface area contributed by atoms with Crippen molar-refractivity contribution in [2.45, 2.75) is 34.1 Å². The maximum Gasteiger partial charge on any atom is 0.138 e. The Morgan fingerprint density at radius 1 is 1.33 bits per heavy atom. The molecule has 0 amide bonds. The fourth-order valence-electron chi connectivity index (χ4n) is 0.770. The predicted octanol–water partition coefficient (Wildman–Crippen LogP) is 2.26. The normalized spacial score (nSPS) is 13.9. The van der Waals surface area contributed by atoms with Crippen LogP contribution in [-0.2, 0) is 4.79 Å². The van der Waals surface area contributed by atoms with E-state index in [1.165, 1.54) is 0 Å². The van der Waals surface area contributed by atoms with E-state index < -0.39 is 0 Å². The molecule has 0 radical (unpaired) electrons. The molecule has 0 fully saturated rings. The van der Waals surface area contributed by atoms with E-state index in [9.17, 15) is 4.79 Å². The molecule has 0 bridgehead atoms. The molecule has 9 heavy (non-hydrogen) atoms. The summed E-state index contributed by atoms with van der Waals surface area (Å²) < 4.78 is 0. The van der Waals surface area contributed by atoms with Crippen molar-refractivity contribution >= 4 is 5.78 Å². The second kappa shape index (κ2) is 3.65. The first-order valence-corrected chi connectivity index (χ1v) is 3.63. The molecule has 1 heteroatoms. The molecule has 0 saturated heterocycles. The minimum atomic E-state index is 0.208. The second-order valence-corrected chi connectivity index (χ2v) is 2.87. The molecule has 0 saturated carbocycles. The number of carbonyl (C=O) groups is 1. The number of hydrogen-bond donors (Lipinski definition) is 0. The Morgan fingerprint density at radius 3 is 1.89 bits per heavy atom. The van der Waals surface area contributed by atoms with Crippen LogP contribution in [0.5, 0.6) is 0 Å². The van der Waals surface area contributed by atoms with E-state index in [1.807, 2.05) is 27.7 Å². The van der Waals surface area contributed by atoms with Crippen LogP contribution in [0.4, 0.5) is 0 Å². The largest absolute Gasteiger partial charge is 0.299 e. The molecule has 0 aliphatic rings. The summed E-state index contributed by atoms with van der Waals surface area (Å²) >= 11 is 0. The zero-order chi connectivity index (χ0) is 7.44. The van der Waals surface area contributed by atoms with Gasteiger partial charge in [-0.1, -0.05) is 27.7 Å². The molecular formula is C8H16O. The quantitative estimate of drug-likeness (QED) is 0.569. The highest BCUT2D eigenvalue weighted by Crippen LogP contribution is 2.08. The van der Waals surface area contributed by atoms with Crippen molar-refractivity contribution in [2.24, 2.45) is 11.8 Å². The molecule has 1 nitrogen and oxygen atoms in total. The molecule has 0 aromatic rings. The van der Waals surface area contributed by atoms with Crippen molar-refractivity contribution in [1.82, 2.24) is 0 Å². The number of Topliss-reactive ketones (excluding diaryl/α,β-unsaturated/α-hetero) is 1. The molecule has 0 heterocycles. The van der Waals surface area contributed by atoms with Gasteiger partial charge < -0.3 is 0 Å². The Balaban J connectivity index is 3.73. The highest BCUT2D eigenvalue weighted by atomic mass is 16.1. The molecule has 54 valence electrons. The van der Waals surface area contributed by atoms with Gasteiger partial charge in [-0.25, -0.2) is 0 Å². The van der Waals surface area contributed by atoms with Crippen LogP contribution < -0.4 is 0 Å². The summed E-state index contributed by atoms with van der Waals surface area (Å²) in [6, 6.07) is 0. The third-order valence-corrected chi connectivity index (χ3v) is 1.67. The van der Waals surface area contributed by atoms with Crippen LogP contribution in [0.1, 0.15) is 34.1 Å². The SMILES string of the molecule is CC[C@@H](C)C(=O)C(C)C. The van der Waals surface area contributed by atoms with E-state index in [-0.39, 0.29) is 11.8 Å². The Kier molecular flexibility index (Phi) is 3.52. The van der Waals surface area contributed by atoms with Gasteiger partial charge in [-0.05, 0) is 6.42 Å². The lowest BCUT2D eigenvalue weighted by Crippen LogP contribution is -2.15. The summed E-state index contributed by atoms with van der Waals surface area (Å²) in [5.74, 6) is 0.849. The van der Waals surface area contributed by atoms with Crippen molar-refractivity contribution in [3.8, 4) is 0 Å². The van der Waals surface area contributed by atoms with E-state index in [2.05, 4.69) is 0 Å². The lowest BCUT2D eigenvalue weighted by molar-refractivity contribution is -0.125. The highest BCUT2D eigenvalue weighted by Gasteiger charge is 2.13. The van der Waals surface area contributed by atoms with Crippen LogP contribution in [0.3, 0.4) is 0 Å². The summed E-state index contributed by atoms with van der Waals surface area (Å²) in [5.41, 5.74) is 0. The Morgan fingerprint density at radius 2 is 1.78 bits per heavy atom. The smallest absolute Gasteiger partial charge is 0.138 e. The highest BCUT2D eigenvalue weighted by molar-refractivity contribution is 5.82. The van der Waals surface area contributed by atoms with E-state index >= 15 is 0 Å². The van der Waals surface area contributed by atoms with Gasteiger partial charge in [0.05, 0.1) is 0 Å². The second-order valence-electron chi connectivity index (χ2n) is 2.87. The van der Waals surface area contributed by atoms with Gasteiger partial charge in [0.1, 0.15) is 5.78 Å². The first-order valence-electron chi connectivity index (χ1n) is 3.63. The van der Waals surface area contributed by atoms with E-state index in [0.29, 0.717) is 5.78 Å². The number of hydrogen-bond acceptors (Lipinski definition) is 1. The van der Waals surface area contributed by atoms with E-state index in [0.717, 1.165) is 6.42 Å². The van der Waals surface area contributed by atoms with Crippen molar-refractivity contribution in [3.63, 3.8) is 0 Å². The lowest BCUT2D eigenvalue weighted by atomic mass is 9.95. The van der Waals surface area contributed by atoms with Gasteiger partial charge in [0.2, 0.25) is 0 Å². The molecule has 0 rings (SSSR count). The molecule has 0 aromatic carbocycles. The van der Waals surface area contributed by atoms with Gasteiger partial charge in [0, 0.05) is 11.8 Å². The van der Waals surface area contributed by atoms with Gasteiger partial charge >= 0.3 is 0 Å². The molecule has 0 unspecified atom stereocenters. The van der Waals surface area contributed by atoms with Gasteiger partial charge in [-0.15, -0.1) is 0 Å². The first kappa shape index (κ1) is 8.67. The van der Waals surface area contributed by atoms with Crippen molar-refractivity contribution in [3.05, 3.63) is 0 Å². The predicted molar refractivity (Wildman–Crippen MR) is 39.3 cm³/mol. The molecule has 1 atom stereocenters. The minimum absolute atomic E-state index is 0.208. The van der Waals surface area contributed by atoms with Crippen LogP contribution in [-0.4, -0.2) is 5.78 Å². The topological polar surface area (TPSA) is 17.1 Å². The van der Waals surface area contributed by atoms with Gasteiger partial charge in [0.25, 0.3) is 0 Å². The van der Waals surface area contributed by atoms with Gasteiger partial charge in [-0.3, -0.25) is 4.79 Å². The molecule has 0 spiro atoms. The van der Waals surface area contributed by atoms with Crippen molar-refractivity contribution < 1.29 is 4.79 Å². The van der Waals surface area contributed by atoms with E-state index in [1.54, 1.807) is 0 Å². The molecule has 0 N–H and O–H groups in total. The Bertz CT molecular complexity index is 94.7. The zero-order valence-corrected chi connectivity index (χ0v) is 6.77. The van der Waals surface area contributed by atoms with Gasteiger partial charge in [0.15, 0.2) is 0 Å². The average Bonchev–Trinajstić information content (AvgIpc) is 1.84. The first-order chi connectivity index (χ1) is 4.09. The van der Waals surface area contributed by atoms with Crippen LogP contribution in [0.2, 0.25) is 0 Å². The number of rotatable bonds is 3. The average molecular weight is 128 g/mol. The minimum Gasteiger partial charge on any atom is -0.299 e. The third kappa shape index (κ3) is 2.64. The van der Waals surface area contributed by atoms with Crippen molar-refractivity contribution in [1.29, 1.82) is 0 Å². The fourth-order valence-corrected chi connectivity index (χ4v) is 0.770. The zero-order valence-electron chi connectivity index (χ0n) is 6.77. The van der Waals surface area contributed by atoms with Gasteiger partial charge in [-0.2, -0.15) is 0 Å². The maximum absolute atomic E-state index is 11.1. The molecule has 0 aliphatic heterocycles. The monoisotopic (exact) mass is 128 g/mol. The lowest BCUT2D eigenvalue weighted by Gasteiger charge is -2.08. The van der Waals surface area contributed by atoms with Crippen LogP contribution >= 0.6 is 0 Å². The Hall–Kier alpha value is -0.330. The fraction of sp³-hybridized carbons (Fsp3) is 0.875. The summed E-state index contributed by atoms with van der Waals surface area (Å²) in [5, 5.41) is 0. The number of carbonyl (C=O) groups excluding carboxylic acids is 1. The maximum atomic E-state index is 11.1. The molecular weight excluding hydrogens is 112 g/mol. The van der Waals surface area contributed by atoms with Crippen LogP contribution in [0.15, 0.2) is 0 Å². The third-order valence-electron chi connectivity index (χ3n) is 1.67. The van der Waals surface area contributed by atoms with Crippen LogP contribution in [0, 0.1) is 11.8 Å². The number of ketones is 1. The Labute approximate surface area is 57.5 Å². The summed E-state index contributed by atoms with van der Waals surface area (Å²) in [4.78, 5) is 11.1. The summed E-state index contributed by atoms with van der Waals surface area (Å²) in [6.45, 7) is 7.94. The van der Waals surface area contributed by atoms with Crippen molar-refractivity contribution in [2.75, 3.05) is 0 Å². The summed E-state index contributed by atoms with van der Waals surface area (Å²) in [6.07, 6.45) is 0.969. The van der Waals surface area contributed by atoms with Crippen LogP contribution in [0.25, 0.3) is 0 Å². The standard InChI is InChI=1S/C8H16O/c1-5-7(4)8(9)6(2)3/h6-7H,5H2,1-4H3/t7-/m1/s1.